The Bertz CT molecular complexity index is 321. The van der Waals surface area contributed by atoms with Crippen LogP contribution in [0, 0.1) is 0 Å². The summed E-state index contributed by atoms with van der Waals surface area (Å²) in [7, 11) is 0. The zero-order valence-electron chi connectivity index (χ0n) is 12.1. The van der Waals surface area contributed by atoms with E-state index in [1.165, 1.54) is 44.9 Å². The van der Waals surface area contributed by atoms with Gasteiger partial charge in [-0.05, 0) is 24.1 Å². The van der Waals surface area contributed by atoms with Gasteiger partial charge in [-0.15, -0.1) is 0 Å². The predicted octanol–water partition coefficient (Wildman–Crippen LogP) is 5.90. The fourth-order valence-corrected chi connectivity index (χ4v) is 2.45. The number of benzene rings is 1. The van der Waals surface area contributed by atoms with Gasteiger partial charge in [-0.25, -0.2) is 0 Å². The van der Waals surface area contributed by atoms with Crippen molar-refractivity contribution >= 4 is 11.6 Å². The summed E-state index contributed by atoms with van der Waals surface area (Å²) in [6.07, 6.45) is 10.9. The fourth-order valence-electron chi connectivity index (χ4n) is 2.32. The molecule has 19 heavy (non-hydrogen) atoms. The molecule has 1 aromatic carbocycles. The summed E-state index contributed by atoms with van der Waals surface area (Å²) in [6.45, 7) is 2.25. The first-order chi connectivity index (χ1) is 9.24. The van der Waals surface area contributed by atoms with Crippen molar-refractivity contribution in [3.8, 4) is 0 Å². The summed E-state index contributed by atoms with van der Waals surface area (Å²) in [5.74, 6) is 0. The van der Waals surface area contributed by atoms with E-state index in [-0.39, 0.29) is 6.10 Å². The van der Waals surface area contributed by atoms with E-state index in [9.17, 15) is 5.11 Å². The van der Waals surface area contributed by atoms with Gasteiger partial charge in [0.15, 0.2) is 0 Å². The third-order valence-corrected chi connectivity index (χ3v) is 3.84. The maximum atomic E-state index is 10.0. The molecule has 1 N–H and O–H groups in total. The van der Waals surface area contributed by atoms with Gasteiger partial charge in [-0.3, -0.25) is 0 Å². The first kappa shape index (κ1) is 16.5. The molecule has 1 atom stereocenters. The van der Waals surface area contributed by atoms with Crippen molar-refractivity contribution in [2.45, 2.75) is 70.8 Å². The molecule has 0 radical (unpaired) electrons. The minimum absolute atomic E-state index is 0.336. The number of rotatable bonds is 10. The van der Waals surface area contributed by atoms with Crippen LogP contribution in [0.1, 0.15) is 76.4 Å². The highest BCUT2D eigenvalue weighted by atomic mass is 35.5. The van der Waals surface area contributed by atoms with E-state index in [4.69, 9.17) is 11.6 Å². The van der Waals surface area contributed by atoms with Crippen LogP contribution in [0.25, 0.3) is 0 Å². The molecule has 0 aliphatic heterocycles. The molecule has 0 heterocycles. The highest BCUT2D eigenvalue weighted by molar-refractivity contribution is 6.30. The minimum atomic E-state index is -0.336. The molecule has 0 aliphatic carbocycles. The Balaban J connectivity index is 2.04. The molecule has 1 unspecified atom stereocenters. The average molecular weight is 283 g/mol. The Kier molecular flexibility index (Phi) is 8.94. The van der Waals surface area contributed by atoms with E-state index < -0.39 is 0 Å². The smallest absolute Gasteiger partial charge is 0.0790 e. The summed E-state index contributed by atoms with van der Waals surface area (Å²) in [5.41, 5.74) is 0.979. The highest BCUT2D eigenvalue weighted by Gasteiger charge is 2.06. The molecular formula is C17H27ClO. The van der Waals surface area contributed by atoms with Crippen molar-refractivity contribution in [1.82, 2.24) is 0 Å². The molecule has 0 amide bonds. The van der Waals surface area contributed by atoms with E-state index in [1.807, 2.05) is 24.3 Å². The predicted molar refractivity (Wildman–Crippen MR) is 83.6 cm³/mol. The normalized spacial score (nSPS) is 12.6. The molecule has 108 valence electrons. The first-order valence-electron chi connectivity index (χ1n) is 7.67. The van der Waals surface area contributed by atoms with Crippen molar-refractivity contribution in [2.24, 2.45) is 0 Å². The van der Waals surface area contributed by atoms with Gasteiger partial charge < -0.3 is 5.11 Å². The third-order valence-electron chi connectivity index (χ3n) is 3.59. The van der Waals surface area contributed by atoms with Gasteiger partial charge in [0.25, 0.3) is 0 Å². The Morgan fingerprint density at radius 2 is 1.42 bits per heavy atom. The molecule has 0 aromatic heterocycles. The Hall–Kier alpha value is -0.530. The molecule has 0 spiro atoms. The van der Waals surface area contributed by atoms with Gasteiger partial charge >= 0.3 is 0 Å². The monoisotopic (exact) mass is 282 g/mol. The number of halogens is 1. The highest BCUT2D eigenvalue weighted by Crippen LogP contribution is 2.21. The lowest BCUT2D eigenvalue weighted by Crippen LogP contribution is -1.97. The van der Waals surface area contributed by atoms with Crippen molar-refractivity contribution in [2.75, 3.05) is 0 Å². The van der Waals surface area contributed by atoms with Crippen LogP contribution >= 0.6 is 11.6 Å². The molecule has 0 fully saturated rings. The van der Waals surface area contributed by atoms with E-state index >= 15 is 0 Å². The topological polar surface area (TPSA) is 20.2 Å². The second kappa shape index (κ2) is 10.3. The van der Waals surface area contributed by atoms with Crippen LogP contribution in [0.3, 0.4) is 0 Å². The van der Waals surface area contributed by atoms with Crippen LogP contribution < -0.4 is 0 Å². The summed E-state index contributed by atoms with van der Waals surface area (Å²) in [4.78, 5) is 0. The zero-order valence-corrected chi connectivity index (χ0v) is 12.8. The molecule has 0 aliphatic rings. The molecule has 0 bridgehead atoms. The number of hydrogen-bond donors (Lipinski definition) is 1. The molecule has 0 saturated carbocycles. The second-order valence-electron chi connectivity index (χ2n) is 5.33. The largest absolute Gasteiger partial charge is 0.388 e. The van der Waals surface area contributed by atoms with E-state index in [1.54, 1.807) is 0 Å². The fraction of sp³-hybridized carbons (Fsp3) is 0.647. The van der Waals surface area contributed by atoms with E-state index in [2.05, 4.69) is 6.92 Å². The van der Waals surface area contributed by atoms with Gasteiger partial charge in [0, 0.05) is 5.02 Å². The van der Waals surface area contributed by atoms with Crippen LogP contribution in [0.2, 0.25) is 5.02 Å². The van der Waals surface area contributed by atoms with Crippen molar-refractivity contribution < 1.29 is 5.11 Å². The lowest BCUT2D eigenvalue weighted by atomic mass is 10.0. The molecule has 2 heteroatoms. The maximum Gasteiger partial charge on any atom is 0.0790 e. The van der Waals surface area contributed by atoms with Gasteiger partial charge in [0.05, 0.1) is 6.10 Å². The lowest BCUT2D eigenvalue weighted by Gasteiger charge is -2.10. The first-order valence-corrected chi connectivity index (χ1v) is 8.05. The van der Waals surface area contributed by atoms with E-state index in [0.717, 1.165) is 23.4 Å². The second-order valence-corrected chi connectivity index (χ2v) is 5.77. The quantitative estimate of drug-likeness (QED) is 0.529. The lowest BCUT2D eigenvalue weighted by molar-refractivity contribution is 0.163. The van der Waals surface area contributed by atoms with Crippen LogP contribution in [-0.2, 0) is 0 Å². The SMILES string of the molecule is CCCCCCCCCCC(O)c1ccc(Cl)cc1. The van der Waals surface area contributed by atoms with E-state index in [0.29, 0.717) is 0 Å². The Morgan fingerprint density at radius 1 is 0.895 bits per heavy atom. The molecule has 1 nitrogen and oxygen atoms in total. The third kappa shape index (κ3) is 7.59. The van der Waals surface area contributed by atoms with Crippen molar-refractivity contribution in [3.05, 3.63) is 34.9 Å². The van der Waals surface area contributed by atoms with Crippen LogP contribution in [0.15, 0.2) is 24.3 Å². The number of hydrogen-bond acceptors (Lipinski definition) is 1. The Morgan fingerprint density at radius 3 is 2.00 bits per heavy atom. The molecule has 0 saturated heterocycles. The molecule has 1 rings (SSSR count). The summed E-state index contributed by atoms with van der Waals surface area (Å²) in [5, 5.41) is 10.8. The van der Waals surface area contributed by atoms with Crippen LogP contribution in [0.4, 0.5) is 0 Å². The van der Waals surface area contributed by atoms with Crippen LogP contribution in [0.5, 0.6) is 0 Å². The minimum Gasteiger partial charge on any atom is -0.388 e. The van der Waals surface area contributed by atoms with Gasteiger partial charge in [0.2, 0.25) is 0 Å². The van der Waals surface area contributed by atoms with Gasteiger partial charge in [-0.2, -0.15) is 0 Å². The van der Waals surface area contributed by atoms with Gasteiger partial charge in [-0.1, -0.05) is 82.0 Å². The number of unbranched alkanes of at least 4 members (excludes halogenated alkanes) is 7. The number of aliphatic hydroxyl groups excluding tert-OH is 1. The van der Waals surface area contributed by atoms with Crippen LogP contribution in [-0.4, -0.2) is 5.11 Å². The van der Waals surface area contributed by atoms with Gasteiger partial charge in [0.1, 0.15) is 0 Å². The average Bonchev–Trinajstić information content (AvgIpc) is 2.42. The Labute approximate surface area is 123 Å². The zero-order chi connectivity index (χ0) is 13.9. The standard InChI is InChI=1S/C17H27ClO/c1-2-3-4-5-6-7-8-9-10-17(19)15-11-13-16(18)14-12-15/h11-14,17,19H,2-10H2,1H3. The van der Waals surface area contributed by atoms with Crippen molar-refractivity contribution in [1.29, 1.82) is 0 Å². The summed E-state index contributed by atoms with van der Waals surface area (Å²) < 4.78 is 0. The molecule has 1 aromatic rings. The summed E-state index contributed by atoms with van der Waals surface area (Å²) in [6, 6.07) is 7.51. The maximum absolute atomic E-state index is 10.0. The number of aliphatic hydroxyl groups is 1. The van der Waals surface area contributed by atoms with Crippen molar-refractivity contribution in [3.63, 3.8) is 0 Å². The molecular weight excluding hydrogens is 256 g/mol. The summed E-state index contributed by atoms with van der Waals surface area (Å²) >= 11 is 5.83.